The average Bonchev–Trinajstić information content (AvgIpc) is 3.33. The number of methoxy groups -OCH3 is 1. The van der Waals surface area contributed by atoms with Gasteiger partial charge in [0.2, 0.25) is 0 Å². The van der Waals surface area contributed by atoms with Crippen LogP contribution in [-0.4, -0.2) is 24.2 Å². The number of imide groups is 1. The van der Waals surface area contributed by atoms with Crippen LogP contribution in [0.25, 0.3) is 17.4 Å². The molecule has 30 heavy (non-hydrogen) atoms. The van der Waals surface area contributed by atoms with Gasteiger partial charge in [0, 0.05) is 16.7 Å². The van der Waals surface area contributed by atoms with Crippen LogP contribution in [0.2, 0.25) is 5.02 Å². The van der Waals surface area contributed by atoms with Gasteiger partial charge in [-0.25, -0.2) is 9.69 Å². The van der Waals surface area contributed by atoms with Crippen LogP contribution in [0.15, 0.2) is 70.0 Å². The number of esters is 1. The number of furan rings is 1. The number of thioether (sulfide) groups is 1. The maximum atomic E-state index is 12.7. The van der Waals surface area contributed by atoms with Gasteiger partial charge in [0.25, 0.3) is 11.1 Å². The van der Waals surface area contributed by atoms with Gasteiger partial charge in [-0.05, 0) is 60.3 Å². The molecule has 8 heteroatoms. The summed E-state index contributed by atoms with van der Waals surface area (Å²) in [5.41, 5.74) is 1.65. The lowest BCUT2D eigenvalue weighted by Crippen LogP contribution is -2.27. The Bertz CT molecular complexity index is 1160. The summed E-state index contributed by atoms with van der Waals surface area (Å²) in [6.07, 6.45) is 1.53. The predicted octanol–water partition coefficient (Wildman–Crippen LogP) is 5.63. The first kappa shape index (κ1) is 20.0. The lowest BCUT2D eigenvalue weighted by Gasteiger charge is -2.11. The van der Waals surface area contributed by atoms with E-state index in [4.69, 9.17) is 16.0 Å². The highest BCUT2D eigenvalue weighted by Gasteiger charge is 2.36. The summed E-state index contributed by atoms with van der Waals surface area (Å²) in [4.78, 5) is 37.9. The molecule has 0 spiro atoms. The number of nitrogens with zero attached hydrogens (tertiary/aromatic N) is 1. The number of amides is 2. The lowest BCUT2D eigenvalue weighted by molar-refractivity contribution is -0.113. The molecule has 1 aliphatic rings. The minimum absolute atomic E-state index is 0.261. The number of ether oxygens (including phenoxy) is 1. The minimum Gasteiger partial charge on any atom is -0.465 e. The van der Waals surface area contributed by atoms with Gasteiger partial charge in [-0.1, -0.05) is 23.7 Å². The molecule has 2 amide bonds. The Labute approximate surface area is 181 Å². The van der Waals surface area contributed by atoms with Crippen molar-refractivity contribution in [3.8, 4) is 11.3 Å². The fraction of sp³-hybridized carbons (Fsp3) is 0.0455. The van der Waals surface area contributed by atoms with E-state index in [-0.39, 0.29) is 4.91 Å². The molecular weight excluding hydrogens is 426 g/mol. The van der Waals surface area contributed by atoms with Crippen LogP contribution in [0.1, 0.15) is 16.1 Å². The summed E-state index contributed by atoms with van der Waals surface area (Å²) in [7, 11) is 1.32. The van der Waals surface area contributed by atoms with Crippen LogP contribution in [0.3, 0.4) is 0 Å². The molecule has 0 unspecified atom stereocenters. The van der Waals surface area contributed by atoms with Crippen LogP contribution in [0, 0.1) is 0 Å². The Balaban J connectivity index is 1.55. The molecule has 0 bridgehead atoms. The van der Waals surface area contributed by atoms with E-state index < -0.39 is 17.1 Å². The highest BCUT2D eigenvalue weighted by molar-refractivity contribution is 8.19. The van der Waals surface area contributed by atoms with Crippen LogP contribution in [-0.2, 0) is 9.53 Å². The van der Waals surface area contributed by atoms with Gasteiger partial charge in [-0.2, -0.15) is 0 Å². The quantitative estimate of drug-likeness (QED) is 0.387. The van der Waals surface area contributed by atoms with Crippen molar-refractivity contribution in [3.63, 3.8) is 0 Å². The van der Waals surface area contributed by atoms with Gasteiger partial charge in [0.1, 0.15) is 11.5 Å². The first-order valence-electron chi connectivity index (χ1n) is 8.78. The first-order chi connectivity index (χ1) is 14.5. The molecule has 150 valence electrons. The zero-order chi connectivity index (χ0) is 21.3. The molecular formula is C22H14ClNO5S. The smallest absolute Gasteiger partial charge is 0.337 e. The number of anilines is 1. The summed E-state index contributed by atoms with van der Waals surface area (Å²) in [5, 5.41) is 0.128. The highest BCUT2D eigenvalue weighted by Crippen LogP contribution is 2.36. The van der Waals surface area contributed by atoms with Crippen molar-refractivity contribution in [2.24, 2.45) is 0 Å². The van der Waals surface area contributed by atoms with Gasteiger partial charge in [-0.15, -0.1) is 0 Å². The minimum atomic E-state index is -0.423. The molecule has 0 saturated carbocycles. The second kappa shape index (κ2) is 8.22. The molecule has 4 rings (SSSR count). The van der Waals surface area contributed by atoms with E-state index >= 15 is 0 Å². The van der Waals surface area contributed by atoms with Crippen molar-refractivity contribution in [2.45, 2.75) is 0 Å². The van der Waals surface area contributed by atoms with Gasteiger partial charge < -0.3 is 9.15 Å². The molecule has 0 radical (unpaired) electrons. The van der Waals surface area contributed by atoms with Gasteiger partial charge in [0.15, 0.2) is 0 Å². The predicted molar refractivity (Wildman–Crippen MR) is 115 cm³/mol. The Morgan fingerprint density at radius 3 is 2.40 bits per heavy atom. The number of carbonyl (C=O) groups is 3. The molecule has 1 aromatic heterocycles. The van der Waals surface area contributed by atoms with E-state index in [0.29, 0.717) is 27.8 Å². The summed E-state index contributed by atoms with van der Waals surface area (Å²) >= 11 is 6.71. The Hall–Kier alpha value is -3.29. The zero-order valence-corrected chi connectivity index (χ0v) is 17.2. The standard InChI is InChI=1S/C22H14ClNO5S/c1-28-21(26)14-4-2-13(3-5-14)18-11-10-17(29-18)12-19-20(25)24(22(27)30-19)16-8-6-15(23)7-9-16/h2-12H,1H3/b19-12+. The molecule has 2 aromatic carbocycles. The third kappa shape index (κ3) is 3.90. The summed E-state index contributed by atoms with van der Waals surface area (Å²) in [6, 6.07) is 16.7. The molecule has 0 N–H and O–H groups in total. The molecule has 0 atom stereocenters. The maximum Gasteiger partial charge on any atom is 0.337 e. The first-order valence-corrected chi connectivity index (χ1v) is 9.98. The molecule has 3 aromatic rings. The third-order valence-electron chi connectivity index (χ3n) is 4.37. The van der Waals surface area contributed by atoms with Crippen molar-refractivity contribution in [2.75, 3.05) is 12.0 Å². The topological polar surface area (TPSA) is 76.8 Å². The SMILES string of the molecule is COC(=O)c1ccc(-c2ccc(/C=C3/SC(=O)N(c4ccc(Cl)cc4)C3=O)o2)cc1. The van der Waals surface area contributed by atoms with Crippen molar-refractivity contribution >= 4 is 52.2 Å². The second-order valence-corrected chi connectivity index (χ2v) is 7.69. The van der Waals surface area contributed by atoms with Crippen LogP contribution >= 0.6 is 23.4 Å². The summed E-state index contributed by atoms with van der Waals surface area (Å²) < 4.78 is 10.5. The van der Waals surface area contributed by atoms with Gasteiger partial charge >= 0.3 is 5.97 Å². The normalized spacial score (nSPS) is 15.1. The molecule has 1 saturated heterocycles. The van der Waals surface area contributed by atoms with Crippen LogP contribution in [0.4, 0.5) is 10.5 Å². The maximum absolute atomic E-state index is 12.7. The van der Waals surface area contributed by atoms with E-state index in [2.05, 4.69) is 4.74 Å². The molecule has 1 fully saturated rings. The number of hydrogen-bond donors (Lipinski definition) is 0. The summed E-state index contributed by atoms with van der Waals surface area (Å²) in [6.45, 7) is 0. The number of carbonyl (C=O) groups excluding carboxylic acids is 3. The molecule has 2 heterocycles. The number of halogens is 1. The second-order valence-electron chi connectivity index (χ2n) is 6.26. The average molecular weight is 440 g/mol. The fourth-order valence-electron chi connectivity index (χ4n) is 2.88. The molecule has 6 nitrogen and oxygen atoms in total. The third-order valence-corrected chi connectivity index (χ3v) is 5.49. The van der Waals surface area contributed by atoms with E-state index in [0.717, 1.165) is 22.2 Å². The van der Waals surface area contributed by atoms with Gasteiger partial charge in [0.05, 0.1) is 23.3 Å². The Morgan fingerprint density at radius 2 is 1.73 bits per heavy atom. The van der Waals surface area contributed by atoms with E-state index in [1.54, 1.807) is 60.7 Å². The van der Waals surface area contributed by atoms with Crippen molar-refractivity contribution in [3.05, 3.63) is 81.9 Å². The zero-order valence-electron chi connectivity index (χ0n) is 15.6. The molecule has 1 aliphatic heterocycles. The Morgan fingerprint density at radius 1 is 1.03 bits per heavy atom. The van der Waals surface area contributed by atoms with E-state index in [9.17, 15) is 14.4 Å². The number of rotatable bonds is 4. The highest BCUT2D eigenvalue weighted by atomic mass is 35.5. The fourth-order valence-corrected chi connectivity index (χ4v) is 3.83. The van der Waals surface area contributed by atoms with Crippen molar-refractivity contribution < 1.29 is 23.5 Å². The Kier molecular flexibility index (Phi) is 5.48. The van der Waals surface area contributed by atoms with E-state index in [1.807, 2.05) is 0 Å². The monoisotopic (exact) mass is 439 g/mol. The number of hydrogen-bond acceptors (Lipinski definition) is 6. The van der Waals surface area contributed by atoms with Crippen molar-refractivity contribution in [1.29, 1.82) is 0 Å². The van der Waals surface area contributed by atoms with Crippen LogP contribution in [0.5, 0.6) is 0 Å². The van der Waals surface area contributed by atoms with Gasteiger partial charge in [-0.3, -0.25) is 9.59 Å². The largest absolute Gasteiger partial charge is 0.465 e. The lowest BCUT2D eigenvalue weighted by atomic mass is 10.1. The van der Waals surface area contributed by atoms with E-state index in [1.165, 1.54) is 13.2 Å². The summed E-state index contributed by atoms with van der Waals surface area (Å²) in [5.74, 6) is 0.157. The van der Waals surface area contributed by atoms with Crippen LogP contribution < -0.4 is 4.90 Å². The number of benzene rings is 2. The van der Waals surface area contributed by atoms with Crippen molar-refractivity contribution in [1.82, 2.24) is 0 Å². The molecule has 0 aliphatic carbocycles.